The molecule has 4 aliphatic rings. The van der Waals surface area contributed by atoms with Gasteiger partial charge in [0.15, 0.2) is 11.5 Å². The molecule has 15 nitrogen and oxygen atoms in total. The lowest BCUT2D eigenvalue weighted by Gasteiger charge is -2.60. The molecule has 1 fully saturated rings. The summed E-state index contributed by atoms with van der Waals surface area (Å²) in [4.78, 5) is 34.2. The number of rotatable bonds is 19. The number of carbonyl (C=O) groups is 1. The maximum Gasteiger partial charge on any atom is 0.269 e. The number of aliphatic hydroxyl groups is 2. The van der Waals surface area contributed by atoms with Gasteiger partial charge in [0.2, 0.25) is 12.6 Å². The van der Waals surface area contributed by atoms with E-state index >= 15 is 4.79 Å². The third-order valence-corrected chi connectivity index (χ3v) is 12.9. The van der Waals surface area contributed by atoms with Crippen molar-refractivity contribution in [2.45, 2.75) is 75.8 Å². The normalized spacial score (nSPS) is 23.0. The lowest BCUT2D eigenvalue weighted by Crippen LogP contribution is -2.70. The SMILES string of the molecule is C=CCO[C@@]12Oc3ccc(O)cc3[C@H]3[C@H](CCCCO)[C@@H](CCCCO)C=C(C(=NOCc4ccc([N+](=O)[O-])cc4)C[C@@H]1N(Cc1ccc4c(c1)OCO4)C(=O)c1ccc(C#N)cc1)[C@H]32. The number of ether oxygens (including phenoxy) is 4. The number of allylic oxidation sites excluding steroid dienone is 1. The number of amides is 1. The number of nitro benzene ring substituents is 1. The van der Waals surface area contributed by atoms with Crippen molar-refractivity contribution in [1.82, 2.24) is 4.90 Å². The first kappa shape index (κ1) is 44.9. The number of nitriles is 1. The number of phenolic OH excluding ortho intramolecular Hbond substituents is 1. The number of unbranched alkanes of at least 4 members (excludes halogenated alkanes) is 2. The number of aliphatic hydroxyl groups excluding tert-OH is 2. The van der Waals surface area contributed by atoms with E-state index in [9.17, 15) is 30.7 Å². The Bertz CT molecular complexity index is 2480. The Morgan fingerprint density at radius 3 is 2.40 bits per heavy atom. The predicted molar refractivity (Wildman–Crippen MR) is 238 cm³/mol. The second-order valence-electron chi connectivity index (χ2n) is 16.8. The van der Waals surface area contributed by atoms with E-state index < -0.39 is 22.7 Å². The number of phenols is 1. The molecule has 8 rings (SSSR count). The maximum atomic E-state index is 15.4. The molecule has 4 aromatic carbocycles. The molecule has 2 aliphatic heterocycles. The van der Waals surface area contributed by atoms with Crippen LogP contribution in [0.1, 0.15) is 83.5 Å². The number of hydrogen-bond acceptors (Lipinski definition) is 13. The monoisotopic (exact) mass is 884 g/mol. The fourth-order valence-corrected chi connectivity index (χ4v) is 9.97. The summed E-state index contributed by atoms with van der Waals surface area (Å²) in [6.45, 7) is 4.24. The first-order valence-corrected chi connectivity index (χ1v) is 22.0. The first-order valence-electron chi connectivity index (χ1n) is 22.0. The zero-order chi connectivity index (χ0) is 45.5. The molecule has 0 unspecified atom stereocenters. The molecule has 0 spiro atoms. The lowest BCUT2D eigenvalue weighted by atomic mass is 9.55. The molecule has 0 saturated heterocycles. The van der Waals surface area contributed by atoms with Gasteiger partial charge >= 0.3 is 0 Å². The summed E-state index contributed by atoms with van der Waals surface area (Å²) in [7, 11) is 0. The second kappa shape index (κ2) is 20.0. The van der Waals surface area contributed by atoms with E-state index in [2.05, 4.69) is 18.7 Å². The fraction of sp³-hybridized carbons (Fsp3) is 0.380. The van der Waals surface area contributed by atoms with Crippen LogP contribution in [0.3, 0.4) is 0 Å². The number of benzene rings is 4. The molecule has 4 aromatic rings. The minimum atomic E-state index is -1.59. The minimum Gasteiger partial charge on any atom is -0.508 e. The predicted octanol–water partition coefficient (Wildman–Crippen LogP) is 8.08. The van der Waals surface area contributed by atoms with Gasteiger partial charge in [0.05, 0.1) is 34.8 Å². The van der Waals surface area contributed by atoms with Crippen LogP contribution in [0.4, 0.5) is 5.69 Å². The summed E-state index contributed by atoms with van der Waals surface area (Å²) in [5, 5.41) is 56.8. The van der Waals surface area contributed by atoms with Gasteiger partial charge in [0.1, 0.15) is 24.1 Å². The third-order valence-electron chi connectivity index (χ3n) is 12.9. The summed E-state index contributed by atoms with van der Waals surface area (Å²) in [5.41, 5.74) is 4.17. The van der Waals surface area contributed by atoms with Crippen LogP contribution in [0.15, 0.2) is 114 Å². The Morgan fingerprint density at radius 1 is 0.954 bits per heavy atom. The molecule has 0 radical (unpaired) electrons. The van der Waals surface area contributed by atoms with Crippen molar-refractivity contribution >= 4 is 17.3 Å². The number of oxime groups is 1. The van der Waals surface area contributed by atoms with E-state index in [0.717, 1.165) is 36.0 Å². The van der Waals surface area contributed by atoms with Crippen LogP contribution < -0.4 is 14.2 Å². The van der Waals surface area contributed by atoms with E-state index in [-0.39, 0.29) is 81.3 Å². The average molecular weight is 885 g/mol. The van der Waals surface area contributed by atoms with E-state index in [4.69, 9.17) is 28.9 Å². The molecule has 65 heavy (non-hydrogen) atoms. The molecular weight excluding hydrogens is 833 g/mol. The molecule has 1 saturated carbocycles. The Morgan fingerprint density at radius 2 is 1.68 bits per heavy atom. The van der Waals surface area contributed by atoms with Gasteiger partial charge in [-0.3, -0.25) is 14.9 Å². The zero-order valence-corrected chi connectivity index (χ0v) is 35.9. The number of nitro groups is 1. The Hall–Kier alpha value is -6.73. The molecule has 338 valence electrons. The number of carbonyl (C=O) groups excluding carboxylic acids is 1. The van der Waals surface area contributed by atoms with Crippen LogP contribution >= 0.6 is 0 Å². The van der Waals surface area contributed by atoms with Crippen LogP contribution in [0, 0.1) is 39.2 Å². The third kappa shape index (κ3) is 9.28. The van der Waals surface area contributed by atoms with Crippen LogP contribution in [0.5, 0.6) is 23.0 Å². The Kier molecular flexibility index (Phi) is 13.8. The van der Waals surface area contributed by atoms with Gasteiger partial charge in [0, 0.05) is 55.4 Å². The van der Waals surface area contributed by atoms with Crippen molar-refractivity contribution in [3.63, 3.8) is 0 Å². The van der Waals surface area contributed by atoms with Gasteiger partial charge < -0.3 is 44.0 Å². The molecule has 1 amide bonds. The summed E-state index contributed by atoms with van der Waals surface area (Å²) >= 11 is 0. The van der Waals surface area contributed by atoms with Crippen molar-refractivity contribution in [1.29, 1.82) is 5.26 Å². The highest BCUT2D eigenvalue weighted by molar-refractivity contribution is 6.03. The standard InChI is InChI=1S/C50H52N4O11/c1-2-23-63-50-46(53(49(58)35-14-9-32(28-51)10-15-35)29-34-13-19-44-45(24-34)62-31-61-44)27-42(52-64-30-33-11-16-37(17-12-33)54(59)60)40-25-36(7-3-5-21-55)39(8-4-6-22-56)47(48(40)50)41-26-38(57)18-20-43(41)65-50/h2,9-20,24-26,36,39,46-48,55-57H,1,3-8,21-23,27,29-31H2/t36-,39+,46-,47+,48+,50+/m0/s1. The molecule has 6 atom stereocenters. The van der Waals surface area contributed by atoms with E-state index in [1.165, 1.54) is 12.1 Å². The van der Waals surface area contributed by atoms with Crippen molar-refractivity contribution in [2.75, 3.05) is 26.6 Å². The summed E-state index contributed by atoms with van der Waals surface area (Å²) in [6, 6.07) is 24.3. The quantitative estimate of drug-likeness (QED) is 0.0354. The maximum absolute atomic E-state index is 15.4. The van der Waals surface area contributed by atoms with Crippen molar-refractivity contribution in [3.05, 3.63) is 147 Å². The fourth-order valence-electron chi connectivity index (χ4n) is 9.97. The van der Waals surface area contributed by atoms with E-state index in [1.807, 2.05) is 12.1 Å². The van der Waals surface area contributed by atoms with Crippen molar-refractivity contribution < 1.29 is 48.8 Å². The highest BCUT2D eigenvalue weighted by Crippen LogP contribution is 2.62. The molecule has 0 aromatic heterocycles. The molecule has 2 heterocycles. The highest BCUT2D eigenvalue weighted by atomic mass is 16.7. The summed E-state index contributed by atoms with van der Waals surface area (Å²) < 4.78 is 25.8. The first-order chi connectivity index (χ1) is 31.7. The average Bonchev–Trinajstić information content (AvgIpc) is 3.80. The van der Waals surface area contributed by atoms with Crippen LogP contribution in [-0.2, 0) is 22.7 Å². The van der Waals surface area contributed by atoms with Crippen LogP contribution in [0.25, 0.3) is 0 Å². The van der Waals surface area contributed by atoms with Gasteiger partial charge in [0.25, 0.3) is 11.6 Å². The van der Waals surface area contributed by atoms with Gasteiger partial charge in [-0.05, 0) is 121 Å². The van der Waals surface area contributed by atoms with E-state index in [1.54, 1.807) is 71.6 Å². The number of hydrogen-bond donors (Lipinski definition) is 3. The van der Waals surface area contributed by atoms with Crippen LogP contribution in [-0.4, -0.2) is 75.2 Å². The number of non-ortho nitro benzene ring substituents is 1. The summed E-state index contributed by atoms with van der Waals surface area (Å²) in [5.74, 6) is -1.40. The second-order valence-corrected chi connectivity index (χ2v) is 16.8. The minimum absolute atomic E-state index is 0.00630. The molecule has 0 bridgehead atoms. The highest BCUT2D eigenvalue weighted by Gasteiger charge is 2.65. The van der Waals surface area contributed by atoms with Crippen LogP contribution in [0.2, 0.25) is 0 Å². The van der Waals surface area contributed by atoms with Gasteiger partial charge in [-0.25, -0.2) is 0 Å². The number of aromatic hydroxyl groups is 1. The number of fused-ring (bicyclic) bond motifs is 3. The van der Waals surface area contributed by atoms with Crippen molar-refractivity contribution in [2.24, 2.45) is 22.9 Å². The molecular formula is C50H52N4O11. The van der Waals surface area contributed by atoms with Gasteiger partial charge in [-0.1, -0.05) is 36.2 Å². The number of nitrogens with zero attached hydrogens (tertiary/aromatic N) is 4. The van der Waals surface area contributed by atoms with Crippen molar-refractivity contribution in [3.8, 4) is 29.1 Å². The smallest absolute Gasteiger partial charge is 0.269 e. The topological polar surface area (TPSA) is 206 Å². The molecule has 15 heteroatoms. The largest absolute Gasteiger partial charge is 0.508 e. The summed E-state index contributed by atoms with van der Waals surface area (Å²) in [6.07, 6.45) is 8.05. The van der Waals surface area contributed by atoms with Gasteiger partial charge in [-0.15, -0.1) is 6.58 Å². The molecule has 2 aliphatic carbocycles. The Balaban J connectivity index is 1.34. The Labute approximate surface area is 376 Å². The zero-order valence-electron chi connectivity index (χ0n) is 35.9. The lowest BCUT2D eigenvalue weighted by molar-refractivity contribution is -0.384. The molecule has 3 N–H and O–H groups in total. The van der Waals surface area contributed by atoms with Gasteiger partial charge in [-0.2, -0.15) is 5.26 Å². The van der Waals surface area contributed by atoms with E-state index in [0.29, 0.717) is 58.9 Å².